The molecule has 2 rings (SSSR count). The summed E-state index contributed by atoms with van der Waals surface area (Å²) in [5.74, 6) is 0.812. The first-order chi connectivity index (χ1) is 8.97. The van der Waals surface area contributed by atoms with Crippen LogP contribution in [0, 0.1) is 0 Å². The second kappa shape index (κ2) is 5.30. The van der Waals surface area contributed by atoms with Gasteiger partial charge in [0.25, 0.3) is 0 Å². The molecule has 5 heteroatoms. The smallest absolute Gasteiger partial charge is 0.119 e. The molecule has 0 aliphatic rings. The summed E-state index contributed by atoms with van der Waals surface area (Å²) >= 11 is 0. The molecule has 1 aromatic heterocycles. The van der Waals surface area contributed by atoms with Gasteiger partial charge in [-0.15, -0.1) is 5.10 Å². The quantitative estimate of drug-likeness (QED) is 0.856. The maximum atomic E-state index is 5.66. The van der Waals surface area contributed by atoms with Gasteiger partial charge in [0, 0.05) is 11.1 Å². The van der Waals surface area contributed by atoms with Gasteiger partial charge in [0.2, 0.25) is 0 Å². The Morgan fingerprint density at radius 2 is 1.89 bits per heavy atom. The van der Waals surface area contributed by atoms with E-state index >= 15 is 0 Å². The van der Waals surface area contributed by atoms with Crippen LogP contribution in [-0.2, 0) is 12.0 Å². The van der Waals surface area contributed by atoms with Crippen LogP contribution in [0.4, 0.5) is 5.69 Å². The van der Waals surface area contributed by atoms with E-state index in [1.807, 2.05) is 35.1 Å². The zero-order valence-electron chi connectivity index (χ0n) is 11.6. The Hall–Kier alpha value is -2.04. The third-order valence-corrected chi connectivity index (χ3v) is 2.84. The van der Waals surface area contributed by atoms with Gasteiger partial charge in [0.15, 0.2) is 0 Å². The average Bonchev–Trinajstić information content (AvgIpc) is 2.80. The number of aromatic nitrogens is 3. The fourth-order valence-corrected chi connectivity index (χ4v) is 1.82. The summed E-state index contributed by atoms with van der Waals surface area (Å²) in [5.41, 5.74) is 7.49. The summed E-state index contributed by atoms with van der Waals surface area (Å²) in [4.78, 5) is 0. The zero-order valence-corrected chi connectivity index (χ0v) is 11.6. The van der Waals surface area contributed by atoms with Gasteiger partial charge in [0.1, 0.15) is 12.4 Å². The van der Waals surface area contributed by atoms with Crippen molar-refractivity contribution in [1.29, 1.82) is 0 Å². The molecule has 1 heterocycles. The van der Waals surface area contributed by atoms with Crippen molar-refractivity contribution < 1.29 is 4.74 Å². The van der Waals surface area contributed by atoms with Crippen molar-refractivity contribution in [3.05, 3.63) is 36.2 Å². The topological polar surface area (TPSA) is 66.0 Å². The minimum Gasteiger partial charge on any atom is -0.492 e. The molecule has 19 heavy (non-hydrogen) atoms. The first-order valence-corrected chi connectivity index (χ1v) is 6.34. The van der Waals surface area contributed by atoms with E-state index in [4.69, 9.17) is 10.5 Å². The third-order valence-electron chi connectivity index (χ3n) is 2.84. The summed E-state index contributed by atoms with van der Waals surface area (Å²) in [7, 11) is 0. The Labute approximate surface area is 113 Å². The highest BCUT2D eigenvalue weighted by atomic mass is 16.5. The van der Waals surface area contributed by atoms with Gasteiger partial charge in [-0.2, -0.15) is 0 Å². The van der Waals surface area contributed by atoms with Crippen LogP contribution in [-0.4, -0.2) is 21.6 Å². The molecule has 2 N–H and O–H groups in total. The predicted octanol–water partition coefficient (Wildman–Crippen LogP) is 2.24. The Bertz CT molecular complexity index is 525. The van der Waals surface area contributed by atoms with Gasteiger partial charge in [-0.3, -0.25) is 0 Å². The zero-order chi connectivity index (χ0) is 13.9. The van der Waals surface area contributed by atoms with E-state index in [9.17, 15) is 0 Å². The van der Waals surface area contributed by atoms with Crippen LogP contribution in [0.15, 0.2) is 30.5 Å². The molecule has 0 saturated carbocycles. The highest BCUT2D eigenvalue weighted by molar-refractivity contribution is 5.41. The van der Waals surface area contributed by atoms with Crippen molar-refractivity contribution in [3.8, 4) is 5.75 Å². The Morgan fingerprint density at radius 3 is 2.53 bits per heavy atom. The number of nitrogens with zero attached hydrogens (tertiary/aromatic N) is 3. The fourth-order valence-electron chi connectivity index (χ4n) is 1.82. The fraction of sp³-hybridized carbons (Fsp3) is 0.429. The largest absolute Gasteiger partial charge is 0.492 e. The molecule has 0 atom stereocenters. The van der Waals surface area contributed by atoms with Gasteiger partial charge >= 0.3 is 0 Å². The van der Waals surface area contributed by atoms with E-state index in [2.05, 4.69) is 31.1 Å². The number of anilines is 1. The molecule has 0 amide bonds. The van der Waals surface area contributed by atoms with Crippen LogP contribution in [0.1, 0.15) is 26.5 Å². The lowest BCUT2D eigenvalue weighted by molar-refractivity contribution is 0.283. The minimum absolute atomic E-state index is 0.0324. The van der Waals surface area contributed by atoms with Crippen molar-refractivity contribution >= 4 is 5.69 Å². The van der Waals surface area contributed by atoms with Crippen molar-refractivity contribution in [2.75, 3.05) is 12.3 Å². The van der Waals surface area contributed by atoms with Crippen molar-refractivity contribution in [2.45, 2.75) is 32.7 Å². The number of ether oxygens (including phenoxy) is 1. The molecule has 0 spiro atoms. The third kappa shape index (κ3) is 3.47. The summed E-state index contributed by atoms with van der Waals surface area (Å²) in [6.07, 6.45) is 1.81. The van der Waals surface area contributed by atoms with Crippen LogP contribution in [0.25, 0.3) is 0 Å². The van der Waals surface area contributed by atoms with E-state index in [-0.39, 0.29) is 5.41 Å². The number of benzene rings is 1. The summed E-state index contributed by atoms with van der Waals surface area (Å²) in [6.45, 7) is 7.66. The average molecular weight is 260 g/mol. The maximum absolute atomic E-state index is 5.66. The van der Waals surface area contributed by atoms with E-state index in [0.717, 1.165) is 17.1 Å². The lowest BCUT2D eigenvalue weighted by Crippen LogP contribution is -2.20. The van der Waals surface area contributed by atoms with Gasteiger partial charge in [-0.05, 0) is 24.3 Å². The highest BCUT2D eigenvalue weighted by Gasteiger charge is 2.19. The van der Waals surface area contributed by atoms with E-state index < -0.39 is 0 Å². The lowest BCUT2D eigenvalue weighted by Gasteiger charge is -2.19. The first kappa shape index (κ1) is 13.4. The molecule has 0 unspecified atom stereocenters. The first-order valence-electron chi connectivity index (χ1n) is 6.34. The SMILES string of the molecule is CC(C)(C)c1cnnn1CCOc1ccc(N)cc1. The van der Waals surface area contributed by atoms with Crippen molar-refractivity contribution in [2.24, 2.45) is 0 Å². The van der Waals surface area contributed by atoms with Gasteiger partial charge in [-0.1, -0.05) is 26.0 Å². The van der Waals surface area contributed by atoms with Crippen molar-refractivity contribution in [3.63, 3.8) is 0 Å². The van der Waals surface area contributed by atoms with Gasteiger partial charge in [-0.25, -0.2) is 4.68 Å². The maximum Gasteiger partial charge on any atom is 0.119 e. The van der Waals surface area contributed by atoms with Crippen LogP contribution < -0.4 is 10.5 Å². The molecule has 0 saturated heterocycles. The standard InChI is InChI=1S/C14H20N4O/c1-14(2,3)13-10-16-17-18(13)8-9-19-12-6-4-11(15)5-7-12/h4-7,10H,8-9,15H2,1-3H3. The van der Waals surface area contributed by atoms with E-state index in [0.29, 0.717) is 13.2 Å². The summed E-state index contributed by atoms with van der Waals surface area (Å²) in [5, 5.41) is 8.06. The number of nitrogens with two attached hydrogens (primary N) is 1. The number of rotatable bonds is 4. The van der Waals surface area contributed by atoms with Crippen LogP contribution in [0.2, 0.25) is 0 Å². The number of hydrogen-bond acceptors (Lipinski definition) is 4. The van der Waals surface area contributed by atoms with Crippen molar-refractivity contribution in [1.82, 2.24) is 15.0 Å². The minimum atomic E-state index is 0.0324. The number of hydrogen-bond donors (Lipinski definition) is 1. The molecule has 5 nitrogen and oxygen atoms in total. The molecule has 0 aliphatic carbocycles. The van der Waals surface area contributed by atoms with Gasteiger partial charge in [0.05, 0.1) is 18.4 Å². The molecule has 0 bridgehead atoms. The molecule has 102 valence electrons. The molecular formula is C14H20N4O. The van der Waals surface area contributed by atoms with Gasteiger partial charge < -0.3 is 10.5 Å². The molecule has 0 aliphatic heterocycles. The highest BCUT2D eigenvalue weighted by Crippen LogP contribution is 2.20. The van der Waals surface area contributed by atoms with Crippen LogP contribution in [0.3, 0.4) is 0 Å². The Morgan fingerprint density at radius 1 is 1.21 bits per heavy atom. The summed E-state index contributed by atoms with van der Waals surface area (Å²) < 4.78 is 7.54. The molecule has 1 aromatic carbocycles. The predicted molar refractivity (Wildman–Crippen MR) is 75.1 cm³/mol. The Balaban J connectivity index is 1.93. The number of nitrogen functional groups attached to an aromatic ring is 1. The molecule has 2 aromatic rings. The van der Waals surface area contributed by atoms with E-state index in [1.54, 1.807) is 0 Å². The lowest BCUT2D eigenvalue weighted by atomic mass is 9.93. The second-order valence-electron chi connectivity index (χ2n) is 5.51. The monoisotopic (exact) mass is 260 g/mol. The molecule has 0 fully saturated rings. The summed E-state index contributed by atoms with van der Waals surface area (Å²) in [6, 6.07) is 7.37. The molecular weight excluding hydrogens is 240 g/mol. The molecule has 0 radical (unpaired) electrons. The van der Waals surface area contributed by atoms with E-state index in [1.165, 1.54) is 0 Å². The second-order valence-corrected chi connectivity index (χ2v) is 5.51. The normalized spacial score (nSPS) is 11.5. The van der Waals surface area contributed by atoms with Crippen LogP contribution >= 0.6 is 0 Å². The van der Waals surface area contributed by atoms with Crippen LogP contribution in [0.5, 0.6) is 5.75 Å². The Kier molecular flexibility index (Phi) is 3.74.